The summed E-state index contributed by atoms with van der Waals surface area (Å²) < 4.78 is 17.6. The molecule has 0 saturated heterocycles. The predicted molar refractivity (Wildman–Crippen MR) is 108 cm³/mol. The topological polar surface area (TPSA) is 91.5 Å². The van der Waals surface area contributed by atoms with Gasteiger partial charge in [-0.05, 0) is 24.3 Å². The normalized spacial score (nSPS) is 11.0. The van der Waals surface area contributed by atoms with Crippen LogP contribution in [0.4, 0.5) is 0 Å². The maximum atomic E-state index is 9.77. The average molecular weight is 392 g/mol. The number of fused-ring (bicyclic) bond motifs is 1. The van der Waals surface area contributed by atoms with Crippen molar-refractivity contribution in [3.8, 4) is 34.3 Å². The minimum atomic E-state index is 0.0637. The van der Waals surface area contributed by atoms with Crippen molar-refractivity contribution in [1.29, 1.82) is 0 Å². The lowest BCUT2D eigenvalue weighted by atomic mass is 10.1. The molecule has 0 fully saturated rings. The first-order valence-corrected chi connectivity index (χ1v) is 9.01. The van der Waals surface area contributed by atoms with Gasteiger partial charge in [0.2, 0.25) is 0 Å². The Bertz CT molecular complexity index is 1140. The van der Waals surface area contributed by atoms with Gasteiger partial charge in [-0.2, -0.15) is 0 Å². The second-order valence-electron chi connectivity index (χ2n) is 6.27. The smallest absolute Gasteiger partial charge is 0.162 e. The van der Waals surface area contributed by atoms with Gasteiger partial charge in [0, 0.05) is 18.6 Å². The van der Waals surface area contributed by atoms with Crippen LogP contribution in [0.1, 0.15) is 0 Å². The number of nitrogens with zero attached hydrogens (tertiary/aromatic N) is 4. The van der Waals surface area contributed by atoms with Crippen molar-refractivity contribution in [2.75, 3.05) is 27.4 Å². The highest BCUT2D eigenvalue weighted by Crippen LogP contribution is 2.29. The summed E-state index contributed by atoms with van der Waals surface area (Å²) in [6.45, 7) is 0.945. The van der Waals surface area contributed by atoms with E-state index in [0.717, 1.165) is 10.9 Å². The number of aromatic hydroxyl groups is 1. The molecule has 0 amide bonds. The van der Waals surface area contributed by atoms with Gasteiger partial charge < -0.3 is 19.3 Å². The number of methoxy groups -OCH3 is 2. The Kier molecular flexibility index (Phi) is 5.26. The molecule has 29 heavy (non-hydrogen) atoms. The number of hydrogen-bond acceptors (Lipinski definition) is 7. The number of hydrogen-bond donors (Lipinski definition) is 1. The van der Waals surface area contributed by atoms with Crippen molar-refractivity contribution >= 4 is 10.9 Å². The molecule has 0 spiro atoms. The van der Waals surface area contributed by atoms with Crippen LogP contribution in [-0.4, -0.2) is 52.5 Å². The molecule has 0 aliphatic rings. The minimum absolute atomic E-state index is 0.0637. The molecule has 148 valence electrons. The van der Waals surface area contributed by atoms with Crippen molar-refractivity contribution in [2.24, 2.45) is 0 Å². The van der Waals surface area contributed by atoms with Gasteiger partial charge in [0.25, 0.3) is 0 Å². The van der Waals surface area contributed by atoms with Gasteiger partial charge in [0.1, 0.15) is 23.6 Å². The molecular formula is C21H20N4O4. The van der Waals surface area contributed by atoms with Crippen LogP contribution in [0.15, 0.2) is 54.7 Å². The van der Waals surface area contributed by atoms with Gasteiger partial charge >= 0.3 is 0 Å². The van der Waals surface area contributed by atoms with Crippen LogP contribution in [0.5, 0.6) is 17.2 Å². The number of benzene rings is 2. The molecule has 0 radical (unpaired) electrons. The molecule has 0 saturated carbocycles. The summed E-state index contributed by atoms with van der Waals surface area (Å²) in [5.74, 6) is 1.12. The van der Waals surface area contributed by atoms with E-state index < -0.39 is 0 Å². The monoisotopic (exact) mass is 392 g/mol. The van der Waals surface area contributed by atoms with Crippen LogP contribution in [0.2, 0.25) is 0 Å². The fourth-order valence-electron chi connectivity index (χ4n) is 2.93. The Balaban J connectivity index is 1.68. The third-order valence-corrected chi connectivity index (χ3v) is 4.41. The zero-order valence-corrected chi connectivity index (χ0v) is 16.1. The summed E-state index contributed by atoms with van der Waals surface area (Å²) in [4.78, 5) is 4.73. The number of phenolic OH excluding ortho intramolecular Hbond substituents is 1. The maximum absolute atomic E-state index is 9.77. The molecule has 8 nitrogen and oxygen atoms in total. The fraction of sp³-hybridized carbons (Fsp3) is 0.190. The van der Waals surface area contributed by atoms with Crippen molar-refractivity contribution in [3.05, 3.63) is 54.7 Å². The lowest BCUT2D eigenvalue weighted by molar-refractivity contribution is 0.147. The summed E-state index contributed by atoms with van der Waals surface area (Å²) in [7, 11) is 3.13. The maximum Gasteiger partial charge on any atom is 0.162 e. The molecule has 0 unspecified atom stereocenters. The standard InChI is InChI=1S/C21H20N4O4/c1-27-10-11-29-19-5-3-4-14-6-8-16(22-21(14)19)17-13-25(24-23-17)15-7-9-18(26)20(12-15)28-2/h3-9,12-13,26H,10-11H2,1-2H3. The zero-order chi connectivity index (χ0) is 20.2. The lowest BCUT2D eigenvalue weighted by Gasteiger charge is -2.09. The van der Waals surface area contributed by atoms with Gasteiger partial charge in [0.05, 0.1) is 31.3 Å². The Hall–Kier alpha value is -3.65. The molecule has 2 heterocycles. The average Bonchev–Trinajstić information content (AvgIpc) is 3.24. The Labute approximate surface area is 167 Å². The van der Waals surface area contributed by atoms with Crippen LogP contribution in [0, 0.1) is 0 Å². The molecule has 0 aliphatic heterocycles. The highest BCUT2D eigenvalue weighted by molar-refractivity contribution is 5.86. The van der Waals surface area contributed by atoms with Crippen molar-refractivity contribution in [3.63, 3.8) is 0 Å². The molecule has 4 rings (SSSR count). The number of phenols is 1. The van der Waals surface area contributed by atoms with Crippen LogP contribution in [0.25, 0.3) is 28.0 Å². The van der Waals surface area contributed by atoms with E-state index in [1.54, 1.807) is 36.2 Å². The molecule has 2 aromatic carbocycles. The van der Waals surface area contributed by atoms with Crippen LogP contribution < -0.4 is 9.47 Å². The summed E-state index contributed by atoms with van der Waals surface area (Å²) in [6.07, 6.45) is 1.77. The number of para-hydroxylation sites is 1. The second kappa shape index (κ2) is 8.15. The first-order valence-electron chi connectivity index (χ1n) is 9.01. The number of pyridine rings is 1. The van der Waals surface area contributed by atoms with E-state index in [9.17, 15) is 5.11 Å². The number of aromatic nitrogens is 4. The number of ether oxygens (including phenoxy) is 3. The van der Waals surface area contributed by atoms with Crippen LogP contribution in [0.3, 0.4) is 0 Å². The van der Waals surface area contributed by atoms with Gasteiger partial charge in [-0.3, -0.25) is 0 Å². The van der Waals surface area contributed by atoms with Crippen molar-refractivity contribution in [2.45, 2.75) is 0 Å². The lowest BCUT2D eigenvalue weighted by Crippen LogP contribution is -2.04. The van der Waals surface area contributed by atoms with Gasteiger partial charge in [-0.1, -0.05) is 23.4 Å². The summed E-state index contributed by atoms with van der Waals surface area (Å²) in [6, 6.07) is 14.6. The molecule has 0 atom stereocenters. The molecule has 2 aromatic heterocycles. The molecule has 0 bridgehead atoms. The van der Waals surface area contributed by atoms with Crippen LogP contribution >= 0.6 is 0 Å². The van der Waals surface area contributed by atoms with E-state index >= 15 is 0 Å². The fourth-order valence-corrected chi connectivity index (χ4v) is 2.93. The summed E-state index contributed by atoms with van der Waals surface area (Å²) in [5.41, 5.74) is 2.76. The van der Waals surface area contributed by atoms with E-state index in [2.05, 4.69) is 10.3 Å². The zero-order valence-electron chi connectivity index (χ0n) is 16.1. The second-order valence-corrected chi connectivity index (χ2v) is 6.27. The highest BCUT2D eigenvalue weighted by Gasteiger charge is 2.11. The molecule has 1 N–H and O–H groups in total. The van der Waals surface area contributed by atoms with E-state index in [4.69, 9.17) is 19.2 Å². The van der Waals surface area contributed by atoms with E-state index in [1.165, 1.54) is 7.11 Å². The summed E-state index contributed by atoms with van der Waals surface area (Å²) in [5, 5.41) is 19.2. The van der Waals surface area contributed by atoms with Gasteiger partial charge in [0.15, 0.2) is 11.5 Å². The largest absolute Gasteiger partial charge is 0.504 e. The molecule has 8 heteroatoms. The minimum Gasteiger partial charge on any atom is -0.504 e. The molecule has 4 aromatic rings. The third kappa shape index (κ3) is 3.83. The first kappa shape index (κ1) is 18.7. The van der Waals surface area contributed by atoms with Crippen LogP contribution in [-0.2, 0) is 4.74 Å². The first-order chi connectivity index (χ1) is 14.2. The molecular weight excluding hydrogens is 372 g/mol. The highest BCUT2D eigenvalue weighted by atomic mass is 16.5. The number of rotatable bonds is 7. The Morgan fingerprint density at radius 1 is 0.966 bits per heavy atom. The van der Waals surface area contributed by atoms with Gasteiger partial charge in [-0.15, -0.1) is 5.10 Å². The predicted octanol–water partition coefficient (Wildman–Crippen LogP) is 3.22. The SMILES string of the molecule is COCCOc1cccc2ccc(-c3cn(-c4ccc(O)c(OC)c4)nn3)nc12. The van der Waals surface area contributed by atoms with Crippen molar-refractivity contribution in [1.82, 2.24) is 20.0 Å². The Morgan fingerprint density at radius 2 is 1.86 bits per heavy atom. The Morgan fingerprint density at radius 3 is 2.69 bits per heavy atom. The summed E-state index contributed by atoms with van der Waals surface area (Å²) >= 11 is 0. The third-order valence-electron chi connectivity index (χ3n) is 4.41. The van der Waals surface area contributed by atoms with E-state index in [1.807, 2.05) is 30.3 Å². The van der Waals surface area contributed by atoms with Gasteiger partial charge in [-0.25, -0.2) is 9.67 Å². The quantitative estimate of drug-likeness (QED) is 0.483. The van der Waals surface area contributed by atoms with Crippen molar-refractivity contribution < 1.29 is 19.3 Å². The van der Waals surface area contributed by atoms with E-state index in [-0.39, 0.29) is 5.75 Å². The van der Waals surface area contributed by atoms with E-state index in [0.29, 0.717) is 41.8 Å². The molecule has 0 aliphatic carbocycles.